The predicted octanol–water partition coefficient (Wildman–Crippen LogP) is 1.73. The quantitative estimate of drug-likeness (QED) is 0.882. The minimum absolute atomic E-state index is 0. The lowest BCUT2D eigenvalue weighted by Gasteiger charge is -2.11. The lowest BCUT2D eigenvalue weighted by molar-refractivity contribution is -0.122. The Balaban J connectivity index is 0.00000256. The standard InChI is InChI=1S/C11H15ClN2O2.ClH/c1-7(13)11(15)14-6-8-5-9(12)3-4-10(8)16-2;/h3-5,7H,6,13H2,1-2H3,(H,14,15);1H. The van der Waals surface area contributed by atoms with Crippen molar-refractivity contribution in [3.05, 3.63) is 28.8 Å². The Labute approximate surface area is 112 Å². The molecule has 0 saturated carbocycles. The van der Waals surface area contributed by atoms with Crippen molar-refractivity contribution in [1.29, 1.82) is 0 Å². The largest absolute Gasteiger partial charge is 0.496 e. The lowest BCUT2D eigenvalue weighted by atomic mass is 10.2. The number of rotatable bonds is 4. The smallest absolute Gasteiger partial charge is 0.236 e. The number of carbonyl (C=O) groups excluding carboxylic acids is 1. The average Bonchev–Trinajstić information content (AvgIpc) is 2.25. The number of halogens is 2. The molecule has 0 aromatic heterocycles. The molecule has 1 atom stereocenters. The van der Waals surface area contributed by atoms with E-state index in [1.165, 1.54) is 0 Å². The van der Waals surface area contributed by atoms with Crippen LogP contribution in [-0.4, -0.2) is 19.1 Å². The topological polar surface area (TPSA) is 64.3 Å². The van der Waals surface area contributed by atoms with Crippen LogP contribution in [0.2, 0.25) is 5.02 Å². The van der Waals surface area contributed by atoms with Crippen LogP contribution in [0.4, 0.5) is 0 Å². The van der Waals surface area contributed by atoms with Crippen molar-refractivity contribution < 1.29 is 9.53 Å². The Hall–Kier alpha value is -0.970. The second kappa shape index (κ2) is 7.37. The Kier molecular flexibility index (Phi) is 6.95. The van der Waals surface area contributed by atoms with Gasteiger partial charge in [0.05, 0.1) is 13.2 Å². The fourth-order valence-electron chi connectivity index (χ4n) is 1.23. The van der Waals surface area contributed by atoms with E-state index in [2.05, 4.69) is 5.32 Å². The zero-order chi connectivity index (χ0) is 12.1. The summed E-state index contributed by atoms with van der Waals surface area (Å²) in [4.78, 5) is 11.3. The first kappa shape index (κ1) is 16.0. The number of hydrogen-bond acceptors (Lipinski definition) is 3. The SMILES string of the molecule is COc1ccc(Cl)cc1CNC(=O)C(C)N.Cl. The van der Waals surface area contributed by atoms with E-state index >= 15 is 0 Å². The van der Waals surface area contributed by atoms with Crippen molar-refractivity contribution in [3.8, 4) is 5.75 Å². The van der Waals surface area contributed by atoms with Crippen LogP contribution in [0, 0.1) is 0 Å². The maximum absolute atomic E-state index is 11.3. The van der Waals surface area contributed by atoms with E-state index in [9.17, 15) is 4.79 Å². The van der Waals surface area contributed by atoms with E-state index in [0.717, 1.165) is 5.56 Å². The fraction of sp³-hybridized carbons (Fsp3) is 0.364. The minimum Gasteiger partial charge on any atom is -0.496 e. The molecular formula is C11H16Cl2N2O2. The molecule has 6 heteroatoms. The summed E-state index contributed by atoms with van der Waals surface area (Å²) in [6.45, 7) is 1.98. The van der Waals surface area contributed by atoms with Gasteiger partial charge in [-0.2, -0.15) is 0 Å². The van der Waals surface area contributed by atoms with Crippen LogP contribution < -0.4 is 15.8 Å². The van der Waals surface area contributed by atoms with E-state index in [4.69, 9.17) is 22.1 Å². The summed E-state index contributed by atoms with van der Waals surface area (Å²) in [5, 5.41) is 3.30. The summed E-state index contributed by atoms with van der Waals surface area (Å²) >= 11 is 5.86. The molecule has 0 fully saturated rings. The molecule has 4 nitrogen and oxygen atoms in total. The Morgan fingerprint density at radius 2 is 2.24 bits per heavy atom. The third-order valence-electron chi connectivity index (χ3n) is 2.11. The molecule has 3 N–H and O–H groups in total. The van der Waals surface area contributed by atoms with Crippen LogP contribution in [-0.2, 0) is 11.3 Å². The van der Waals surface area contributed by atoms with Crippen LogP contribution in [0.25, 0.3) is 0 Å². The van der Waals surface area contributed by atoms with Crippen LogP contribution in [0.1, 0.15) is 12.5 Å². The lowest BCUT2D eigenvalue weighted by Crippen LogP contribution is -2.37. The summed E-state index contributed by atoms with van der Waals surface area (Å²) in [6.07, 6.45) is 0. The number of nitrogens with two attached hydrogens (primary N) is 1. The van der Waals surface area contributed by atoms with Gasteiger partial charge in [0, 0.05) is 17.1 Å². The summed E-state index contributed by atoms with van der Waals surface area (Å²) in [7, 11) is 1.57. The highest BCUT2D eigenvalue weighted by Crippen LogP contribution is 2.22. The van der Waals surface area contributed by atoms with Gasteiger partial charge in [-0.25, -0.2) is 0 Å². The van der Waals surface area contributed by atoms with Crippen molar-refractivity contribution in [2.45, 2.75) is 19.5 Å². The molecule has 1 unspecified atom stereocenters. The molecule has 1 amide bonds. The third-order valence-corrected chi connectivity index (χ3v) is 2.34. The summed E-state index contributed by atoms with van der Waals surface area (Å²) in [5.41, 5.74) is 6.25. The van der Waals surface area contributed by atoms with Gasteiger partial charge in [0.15, 0.2) is 0 Å². The van der Waals surface area contributed by atoms with Crippen LogP contribution in [0.3, 0.4) is 0 Å². The second-order valence-corrected chi connectivity index (χ2v) is 3.90. The first-order valence-electron chi connectivity index (χ1n) is 4.90. The molecule has 0 aliphatic rings. The molecular weight excluding hydrogens is 263 g/mol. The van der Waals surface area contributed by atoms with E-state index in [1.807, 2.05) is 0 Å². The molecule has 0 bridgehead atoms. The van der Waals surface area contributed by atoms with Gasteiger partial charge >= 0.3 is 0 Å². The molecule has 1 rings (SSSR count). The predicted molar refractivity (Wildman–Crippen MR) is 70.7 cm³/mol. The van der Waals surface area contributed by atoms with E-state index in [1.54, 1.807) is 32.2 Å². The molecule has 0 heterocycles. The number of methoxy groups -OCH3 is 1. The molecule has 96 valence electrons. The van der Waals surface area contributed by atoms with Crippen molar-refractivity contribution in [1.82, 2.24) is 5.32 Å². The Bertz CT molecular complexity index is 384. The molecule has 0 radical (unpaired) electrons. The van der Waals surface area contributed by atoms with E-state index in [0.29, 0.717) is 17.3 Å². The second-order valence-electron chi connectivity index (χ2n) is 3.46. The zero-order valence-electron chi connectivity index (χ0n) is 9.70. The number of benzene rings is 1. The van der Waals surface area contributed by atoms with Gasteiger partial charge in [0.25, 0.3) is 0 Å². The number of ether oxygens (including phenoxy) is 1. The fourth-order valence-corrected chi connectivity index (χ4v) is 1.42. The molecule has 0 saturated heterocycles. The molecule has 1 aromatic carbocycles. The van der Waals surface area contributed by atoms with Crippen molar-refractivity contribution in [2.24, 2.45) is 5.73 Å². The molecule has 0 spiro atoms. The van der Waals surface area contributed by atoms with Gasteiger partial charge < -0.3 is 15.8 Å². The highest BCUT2D eigenvalue weighted by molar-refractivity contribution is 6.30. The zero-order valence-corrected chi connectivity index (χ0v) is 11.3. The maximum atomic E-state index is 11.3. The number of carbonyl (C=O) groups is 1. The molecule has 1 aromatic rings. The molecule has 0 aliphatic heterocycles. The van der Waals surface area contributed by atoms with Gasteiger partial charge in [0.1, 0.15) is 5.75 Å². The highest BCUT2D eigenvalue weighted by Gasteiger charge is 2.09. The third kappa shape index (κ3) is 4.81. The van der Waals surface area contributed by atoms with Crippen molar-refractivity contribution >= 4 is 29.9 Å². The van der Waals surface area contributed by atoms with Crippen molar-refractivity contribution in [3.63, 3.8) is 0 Å². The van der Waals surface area contributed by atoms with E-state index in [-0.39, 0.29) is 18.3 Å². The van der Waals surface area contributed by atoms with Crippen LogP contribution in [0.5, 0.6) is 5.75 Å². The first-order chi connectivity index (χ1) is 7.54. The Morgan fingerprint density at radius 3 is 2.76 bits per heavy atom. The Morgan fingerprint density at radius 1 is 1.59 bits per heavy atom. The minimum atomic E-state index is -0.523. The van der Waals surface area contributed by atoms with Gasteiger partial charge in [-0.15, -0.1) is 12.4 Å². The number of nitrogens with one attached hydrogen (secondary N) is 1. The van der Waals surface area contributed by atoms with Crippen LogP contribution >= 0.6 is 24.0 Å². The monoisotopic (exact) mass is 278 g/mol. The summed E-state index contributed by atoms with van der Waals surface area (Å²) in [6, 6.07) is 4.72. The molecule has 17 heavy (non-hydrogen) atoms. The molecule has 0 aliphatic carbocycles. The first-order valence-corrected chi connectivity index (χ1v) is 5.28. The average molecular weight is 279 g/mol. The van der Waals surface area contributed by atoms with E-state index < -0.39 is 6.04 Å². The van der Waals surface area contributed by atoms with Crippen molar-refractivity contribution in [2.75, 3.05) is 7.11 Å². The number of amides is 1. The number of hydrogen-bond donors (Lipinski definition) is 2. The van der Waals surface area contributed by atoms with Gasteiger partial charge in [0.2, 0.25) is 5.91 Å². The van der Waals surface area contributed by atoms with Crippen LogP contribution in [0.15, 0.2) is 18.2 Å². The van der Waals surface area contributed by atoms with Gasteiger partial charge in [-0.05, 0) is 25.1 Å². The summed E-state index contributed by atoms with van der Waals surface area (Å²) < 4.78 is 5.15. The highest BCUT2D eigenvalue weighted by atomic mass is 35.5. The van der Waals surface area contributed by atoms with Gasteiger partial charge in [-0.1, -0.05) is 11.6 Å². The summed E-state index contributed by atoms with van der Waals surface area (Å²) in [5.74, 6) is 0.483. The maximum Gasteiger partial charge on any atom is 0.236 e. The van der Waals surface area contributed by atoms with Gasteiger partial charge in [-0.3, -0.25) is 4.79 Å². The normalized spacial score (nSPS) is 11.3.